The third-order valence-electron chi connectivity index (χ3n) is 11.1. The Morgan fingerprint density at radius 2 is 1.50 bits per heavy atom. The molecule has 3 aromatic carbocycles. The first-order valence-electron chi connectivity index (χ1n) is 17.3. The van der Waals surface area contributed by atoms with Gasteiger partial charge in [0.05, 0.1) is 23.2 Å². The van der Waals surface area contributed by atoms with Crippen LogP contribution in [0.3, 0.4) is 0 Å². The van der Waals surface area contributed by atoms with Gasteiger partial charge in [-0.1, -0.05) is 97.2 Å². The molecule has 1 saturated carbocycles. The van der Waals surface area contributed by atoms with Gasteiger partial charge in [0.15, 0.2) is 0 Å². The van der Waals surface area contributed by atoms with E-state index in [-0.39, 0.29) is 5.92 Å². The number of hydrogen-bond donors (Lipinski definition) is 0. The summed E-state index contributed by atoms with van der Waals surface area (Å²) in [6.45, 7) is 0. The molecule has 230 valence electrons. The highest BCUT2D eigenvalue weighted by Gasteiger charge is 2.35. The summed E-state index contributed by atoms with van der Waals surface area (Å²) < 4.78 is 2.65. The maximum absolute atomic E-state index is 9.88. The summed E-state index contributed by atoms with van der Waals surface area (Å²) in [5.41, 5.74) is 7.56. The third kappa shape index (κ3) is 5.06. The topological polar surface area (TPSA) is 32.0 Å². The van der Waals surface area contributed by atoms with E-state index in [1.165, 1.54) is 38.6 Å². The fourth-order valence-corrected chi connectivity index (χ4v) is 9.15. The van der Waals surface area contributed by atoms with E-state index in [1.54, 1.807) is 0 Å². The van der Waals surface area contributed by atoms with Gasteiger partial charge in [0.25, 0.3) is 0 Å². The van der Waals surface area contributed by atoms with Gasteiger partial charge in [-0.3, -0.25) is 0 Å². The molecular formula is C42H41N3S. The van der Waals surface area contributed by atoms with Gasteiger partial charge in [0.1, 0.15) is 0 Å². The Kier molecular flexibility index (Phi) is 7.96. The van der Waals surface area contributed by atoms with Crippen molar-refractivity contribution in [2.75, 3.05) is 4.90 Å². The number of hydrogen-bond acceptors (Lipinski definition) is 3. The van der Waals surface area contributed by atoms with Crippen molar-refractivity contribution in [1.29, 1.82) is 5.26 Å². The molecule has 1 fully saturated rings. The van der Waals surface area contributed by atoms with Crippen molar-refractivity contribution in [3.8, 4) is 17.2 Å². The normalized spacial score (nSPS) is 27.6. The van der Waals surface area contributed by atoms with Gasteiger partial charge in [-0.05, 0) is 87.8 Å². The molecule has 8 rings (SSSR count). The third-order valence-corrected chi connectivity index (χ3v) is 11.5. The molecule has 4 aliphatic rings. The molecule has 3 nitrogen and oxygen atoms in total. The maximum atomic E-state index is 9.88. The Hall–Kier alpha value is -4.20. The number of nitrogens with zero attached hydrogens (tertiary/aromatic N) is 3. The van der Waals surface area contributed by atoms with E-state index < -0.39 is 0 Å². The van der Waals surface area contributed by atoms with E-state index >= 15 is 0 Å². The van der Waals surface area contributed by atoms with Gasteiger partial charge in [0.2, 0.25) is 0 Å². The van der Waals surface area contributed by atoms with Crippen LogP contribution in [-0.2, 0) is 0 Å². The monoisotopic (exact) mass is 619 g/mol. The highest BCUT2D eigenvalue weighted by Crippen LogP contribution is 2.47. The second kappa shape index (κ2) is 12.5. The summed E-state index contributed by atoms with van der Waals surface area (Å²) in [6.07, 6.45) is 27.9. The predicted octanol–water partition coefficient (Wildman–Crippen LogP) is 11.0. The smallest absolute Gasteiger partial charge is 0.0662 e. The average Bonchev–Trinajstić information content (AvgIpc) is 3.46. The van der Waals surface area contributed by atoms with Crippen LogP contribution in [0.1, 0.15) is 69.4 Å². The molecule has 0 radical (unpaired) electrons. The minimum atomic E-state index is 0.162. The summed E-state index contributed by atoms with van der Waals surface area (Å²) in [5.74, 6) is 1.14. The number of benzene rings is 3. The second-order valence-corrected chi connectivity index (χ2v) is 14.0. The second-order valence-electron chi connectivity index (χ2n) is 13.6. The van der Waals surface area contributed by atoms with E-state index in [4.69, 9.17) is 12.2 Å². The molecular weight excluding hydrogens is 579 g/mol. The van der Waals surface area contributed by atoms with Gasteiger partial charge in [-0.2, -0.15) is 5.26 Å². The largest absolute Gasteiger partial charge is 0.344 e. The van der Waals surface area contributed by atoms with Crippen LogP contribution in [0.4, 0.5) is 5.69 Å². The standard InChI is InChI=1S/C42H41N3S/c43-28-30-12-4-5-15-33(30)29-23-25-31(26-24-29)44-27-9-8-22-40(46)38-20-11-18-36(41(38)44)37-19-10-17-35-34-16-6-7-21-39(34)45(42(35)37)32-13-2-1-3-14-32/h1-2,5-11,15-22,27,29-33H,3-4,12-14,23-26H2/b22-8-,27-9-. The number of rotatable bonds is 4. The Labute approximate surface area is 278 Å². The first-order valence-corrected chi connectivity index (χ1v) is 17.7. The number of aromatic nitrogens is 1. The Bertz CT molecular complexity index is 1960. The lowest BCUT2D eigenvalue weighted by molar-refractivity contribution is 0.221. The van der Waals surface area contributed by atoms with Crippen molar-refractivity contribution >= 4 is 44.6 Å². The minimum absolute atomic E-state index is 0.162. The van der Waals surface area contributed by atoms with Crippen molar-refractivity contribution in [2.45, 2.75) is 69.9 Å². The summed E-state index contributed by atoms with van der Waals surface area (Å²) >= 11 is 6.08. The Morgan fingerprint density at radius 3 is 2.35 bits per heavy atom. The lowest BCUT2D eigenvalue weighted by atomic mass is 9.70. The van der Waals surface area contributed by atoms with Crippen molar-refractivity contribution in [2.24, 2.45) is 17.8 Å². The molecule has 0 N–H and O–H groups in total. The van der Waals surface area contributed by atoms with E-state index in [0.717, 1.165) is 68.2 Å². The van der Waals surface area contributed by atoms with Crippen LogP contribution in [-0.4, -0.2) is 15.5 Å². The number of thiocarbonyl (C=S) groups is 1. The number of fused-ring (bicyclic) bond motifs is 4. The van der Waals surface area contributed by atoms with Gasteiger partial charge < -0.3 is 9.47 Å². The minimum Gasteiger partial charge on any atom is -0.344 e. The highest BCUT2D eigenvalue weighted by molar-refractivity contribution is 7.81. The number of anilines is 1. The van der Waals surface area contributed by atoms with Crippen LogP contribution < -0.4 is 4.90 Å². The molecule has 3 unspecified atom stereocenters. The zero-order chi connectivity index (χ0) is 31.0. The molecule has 1 aromatic heterocycles. The van der Waals surface area contributed by atoms with Crippen LogP contribution in [0.5, 0.6) is 0 Å². The molecule has 0 bridgehead atoms. The van der Waals surface area contributed by atoms with Crippen LogP contribution in [0.2, 0.25) is 0 Å². The van der Waals surface area contributed by atoms with E-state index in [2.05, 4.69) is 125 Å². The van der Waals surface area contributed by atoms with Crippen LogP contribution in [0.25, 0.3) is 32.9 Å². The van der Waals surface area contributed by atoms with Crippen molar-refractivity contribution in [3.05, 3.63) is 115 Å². The Morgan fingerprint density at radius 1 is 0.717 bits per heavy atom. The fourth-order valence-electron chi connectivity index (χ4n) is 8.91. The number of nitriles is 1. The predicted molar refractivity (Wildman–Crippen MR) is 196 cm³/mol. The first-order chi connectivity index (χ1) is 22.7. The van der Waals surface area contributed by atoms with E-state index in [1.807, 2.05) is 0 Å². The summed E-state index contributed by atoms with van der Waals surface area (Å²) in [4.78, 5) is 3.44. The van der Waals surface area contributed by atoms with Crippen molar-refractivity contribution in [3.63, 3.8) is 0 Å². The summed E-state index contributed by atoms with van der Waals surface area (Å²) in [5, 5.41) is 12.5. The molecule has 2 heterocycles. The molecule has 46 heavy (non-hydrogen) atoms. The zero-order valence-corrected chi connectivity index (χ0v) is 27.2. The maximum Gasteiger partial charge on any atom is 0.0662 e. The highest BCUT2D eigenvalue weighted by atomic mass is 32.1. The molecule has 0 saturated heterocycles. The lowest BCUT2D eigenvalue weighted by Gasteiger charge is -2.41. The first kappa shape index (κ1) is 29.2. The fraction of sp³-hybridized carbons (Fsp3) is 0.333. The van der Waals surface area contributed by atoms with E-state index in [0.29, 0.717) is 23.9 Å². The van der Waals surface area contributed by atoms with Crippen molar-refractivity contribution in [1.82, 2.24) is 4.57 Å². The van der Waals surface area contributed by atoms with Gasteiger partial charge in [-0.15, -0.1) is 0 Å². The molecule has 3 aliphatic carbocycles. The molecule has 4 aromatic rings. The lowest BCUT2D eigenvalue weighted by Crippen LogP contribution is -2.38. The van der Waals surface area contributed by atoms with Crippen molar-refractivity contribution < 1.29 is 0 Å². The summed E-state index contributed by atoms with van der Waals surface area (Å²) in [7, 11) is 0. The summed E-state index contributed by atoms with van der Waals surface area (Å²) in [6, 6.07) is 26.0. The number of allylic oxidation sites excluding steroid dienone is 7. The van der Waals surface area contributed by atoms with Gasteiger partial charge in [-0.25, -0.2) is 0 Å². The van der Waals surface area contributed by atoms with Gasteiger partial charge >= 0.3 is 0 Å². The average molecular weight is 620 g/mol. The Balaban J connectivity index is 1.26. The van der Waals surface area contributed by atoms with Crippen LogP contribution >= 0.6 is 12.2 Å². The molecule has 3 atom stereocenters. The van der Waals surface area contributed by atoms with E-state index in [9.17, 15) is 5.26 Å². The molecule has 0 amide bonds. The zero-order valence-electron chi connectivity index (χ0n) is 26.4. The molecule has 0 spiro atoms. The molecule has 1 aliphatic heterocycles. The van der Waals surface area contributed by atoms with Crippen LogP contribution in [0, 0.1) is 29.1 Å². The SMILES string of the molecule is N#CC1CCC=CC1C1CCC(N2/C=C\C=C/C(=S)c3cccc(-c4cccc5c6ccccc6n(C6CC=CCC6)c45)c32)CC1. The van der Waals surface area contributed by atoms with Gasteiger partial charge in [0, 0.05) is 56.1 Å². The number of para-hydroxylation sites is 3. The quantitative estimate of drug-likeness (QED) is 0.168. The van der Waals surface area contributed by atoms with Crippen LogP contribution in [0.15, 0.2) is 109 Å². The molecule has 4 heteroatoms.